The Balaban J connectivity index is 2.12. The maximum Gasteiger partial charge on any atom is 0.412 e. The molecule has 0 aromatic heterocycles. The van der Waals surface area contributed by atoms with Crippen molar-refractivity contribution in [1.29, 1.82) is 0 Å². The molecule has 2 amide bonds. The van der Waals surface area contributed by atoms with Crippen molar-refractivity contribution >= 4 is 17.7 Å². The fraction of sp³-hybridized carbons (Fsp3) is 0.273. The number of methoxy groups -OCH3 is 1. The Hall–Kier alpha value is -3.36. The largest absolute Gasteiger partial charge is 0.508 e. The molecule has 0 saturated heterocycles. The molecule has 0 saturated carbocycles. The van der Waals surface area contributed by atoms with E-state index in [-0.39, 0.29) is 5.75 Å². The zero-order valence-electron chi connectivity index (χ0n) is 16.9. The van der Waals surface area contributed by atoms with Gasteiger partial charge in [0.2, 0.25) is 0 Å². The molecule has 0 aliphatic rings. The number of ether oxygens (including phenoxy) is 2. The highest BCUT2D eigenvalue weighted by Crippen LogP contribution is 2.28. The quantitative estimate of drug-likeness (QED) is 0.281. The molecule has 160 valence electrons. The molecule has 4 N–H and O–H groups in total. The predicted molar refractivity (Wildman–Crippen MR) is 111 cm³/mol. The number of carbonyl (C=O) groups is 2. The molecule has 2 aromatic carbocycles. The summed E-state index contributed by atoms with van der Waals surface area (Å²) in [6, 6.07) is 13.6. The van der Waals surface area contributed by atoms with Crippen LogP contribution in [-0.2, 0) is 14.3 Å². The first-order chi connectivity index (χ1) is 14.4. The highest BCUT2D eigenvalue weighted by molar-refractivity contribution is 5.86. The summed E-state index contributed by atoms with van der Waals surface area (Å²) in [5, 5.41) is 20.8. The molecule has 30 heavy (non-hydrogen) atoms. The minimum Gasteiger partial charge on any atom is -0.508 e. The summed E-state index contributed by atoms with van der Waals surface area (Å²) >= 11 is 0. The number of phenolic OH excluding ortho intramolecular Hbond substituents is 1. The molecule has 2 rings (SSSR count). The van der Waals surface area contributed by atoms with Crippen molar-refractivity contribution in [3.8, 4) is 5.75 Å². The zero-order valence-corrected chi connectivity index (χ0v) is 16.9. The first kappa shape index (κ1) is 22.9. The van der Waals surface area contributed by atoms with Gasteiger partial charge in [-0.25, -0.2) is 10.3 Å². The lowest BCUT2D eigenvalue weighted by molar-refractivity contribution is -0.124. The van der Waals surface area contributed by atoms with Crippen molar-refractivity contribution in [2.45, 2.75) is 32.0 Å². The van der Waals surface area contributed by atoms with Gasteiger partial charge in [-0.2, -0.15) is 0 Å². The smallest absolute Gasteiger partial charge is 0.412 e. The van der Waals surface area contributed by atoms with Crippen LogP contribution in [0.25, 0.3) is 0 Å². The van der Waals surface area contributed by atoms with E-state index < -0.39 is 24.2 Å². The second kappa shape index (κ2) is 11.6. The minimum absolute atomic E-state index is 0.0912. The summed E-state index contributed by atoms with van der Waals surface area (Å²) in [6.45, 7) is 1.95. The Morgan fingerprint density at radius 2 is 1.77 bits per heavy atom. The van der Waals surface area contributed by atoms with Gasteiger partial charge in [0.1, 0.15) is 5.75 Å². The molecule has 2 aromatic rings. The van der Waals surface area contributed by atoms with Crippen molar-refractivity contribution in [1.82, 2.24) is 5.48 Å². The van der Waals surface area contributed by atoms with E-state index in [1.165, 1.54) is 30.8 Å². The van der Waals surface area contributed by atoms with Gasteiger partial charge in [-0.15, -0.1) is 0 Å². The average Bonchev–Trinajstić information content (AvgIpc) is 2.74. The number of hydrogen-bond donors (Lipinski definition) is 4. The van der Waals surface area contributed by atoms with Crippen LogP contribution in [0.2, 0.25) is 0 Å². The Morgan fingerprint density at radius 3 is 2.37 bits per heavy atom. The lowest BCUT2D eigenvalue weighted by atomic mass is 10.00. The number of benzene rings is 2. The fourth-order valence-corrected chi connectivity index (χ4v) is 2.80. The Labute approximate surface area is 175 Å². The highest BCUT2D eigenvalue weighted by Gasteiger charge is 2.27. The van der Waals surface area contributed by atoms with Crippen LogP contribution in [-0.4, -0.2) is 35.5 Å². The Morgan fingerprint density at radius 1 is 1.10 bits per heavy atom. The SMILES string of the molecule is CO[C@@H](CC/C=C/C(=O)NO)[C@@H](OC(=O)Nc1ccc(C)cc1)c1ccc(O)cc1. The van der Waals surface area contributed by atoms with E-state index in [4.69, 9.17) is 14.7 Å². The number of aryl methyl sites for hydroxylation is 1. The molecule has 0 bridgehead atoms. The van der Waals surface area contributed by atoms with Crippen molar-refractivity contribution in [3.05, 3.63) is 71.8 Å². The number of hydroxylamine groups is 1. The number of allylic oxidation sites excluding steroid dienone is 1. The summed E-state index contributed by atoms with van der Waals surface area (Å²) in [5.74, 6) is -0.540. The first-order valence-corrected chi connectivity index (χ1v) is 9.39. The molecule has 0 radical (unpaired) electrons. The van der Waals surface area contributed by atoms with E-state index in [9.17, 15) is 14.7 Å². The van der Waals surface area contributed by atoms with Gasteiger partial charge in [-0.1, -0.05) is 35.9 Å². The molecular weight excluding hydrogens is 388 g/mol. The van der Waals surface area contributed by atoms with Gasteiger partial charge < -0.3 is 14.6 Å². The van der Waals surface area contributed by atoms with Gasteiger partial charge in [0, 0.05) is 18.9 Å². The predicted octanol–water partition coefficient (Wildman–Crippen LogP) is 3.85. The third-order valence-corrected chi connectivity index (χ3v) is 4.39. The van der Waals surface area contributed by atoms with Crippen LogP contribution < -0.4 is 10.8 Å². The van der Waals surface area contributed by atoms with Gasteiger partial charge in [-0.3, -0.25) is 15.3 Å². The molecule has 0 heterocycles. The van der Waals surface area contributed by atoms with Crippen LogP contribution >= 0.6 is 0 Å². The van der Waals surface area contributed by atoms with E-state index in [1.807, 2.05) is 19.1 Å². The number of phenols is 1. The van der Waals surface area contributed by atoms with Gasteiger partial charge in [-0.05, 0) is 49.6 Å². The third kappa shape index (κ3) is 7.23. The summed E-state index contributed by atoms with van der Waals surface area (Å²) in [7, 11) is 1.50. The van der Waals surface area contributed by atoms with Crippen molar-refractivity contribution in [2.24, 2.45) is 0 Å². The molecule has 0 fully saturated rings. The van der Waals surface area contributed by atoms with Gasteiger partial charge in [0.15, 0.2) is 6.10 Å². The number of rotatable bonds is 9. The third-order valence-electron chi connectivity index (χ3n) is 4.39. The van der Waals surface area contributed by atoms with Gasteiger partial charge >= 0.3 is 6.09 Å². The molecular formula is C22H26N2O6. The number of aromatic hydroxyl groups is 1. The second-order valence-corrected chi connectivity index (χ2v) is 6.64. The monoisotopic (exact) mass is 414 g/mol. The minimum atomic E-state index is -0.749. The molecule has 0 unspecified atom stereocenters. The van der Waals surface area contributed by atoms with Crippen LogP contribution in [0.3, 0.4) is 0 Å². The average molecular weight is 414 g/mol. The number of carbonyl (C=O) groups excluding carboxylic acids is 2. The molecule has 0 spiro atoms. The van der Waals surface area contributed by atoms with Crippen LogP contribution in [0.5, 0.6) is 5.75 Å². The summed E-state index contributed by atoms with van der Waals surface area (Å²) in [5.41, 5.74) is 3.83. The van der Waals surface area contributed by atoms with Crippen LogP contribution in [0.4, 0.5) is 10.5 Å². The highest BCUT2D eigenvalue weighted by atomic mass is 16.6. The molecule has 8 nitrogen and oxygen atoms in total. The van der Waals surface area contributed by atoms with Crippen LogP contribution in [0, 0.1) is 6.92 Å². The number of amides is 2. The molecule has 0 aliphatic heterocycles. The Bertz CT molecular complexity index is 849. The van der Waals surface area contributed by atoms with E-state index in [2.05, 4.69) is 5.32 Å². The van der Waals surface area contributed by atoms with E-state index >= 15 is 0 Å². The molecule has 2 atom stereocenters. The summed E-state index contributed by atoms with van der Waals surface area (Å²) in [4.78, 5) is 23.6. The van der Waals surface area contributed by atoms with Crippen LogP contribution in [0.15, 0.2) is 60.7 Å². The van der Waals surface area contributed by atoms with E-state index in [0.29, 0.717) is 24.1 Å². The van der Waals surface area contributed by atoms with Crippen molar-refractivity contribution in [2.75, 3.05) is 12.4 Å². The lowest BCUT2D eigenvalue weighted by Crippen LogP contribution is -2.28. The van der Waals surface area contributed by atoms with Crippen molar-refractivity contribution in [3.63, 3.8) is 0 Å². The Kier molecular flexibility index (Phi) is 8.86. The number of hydrogen-bond acceptors (Lipinski definition) is 6. The summed E-state index contributed by atoms with van der Waals surface area (Å²) in [6.07, 6.45) is 1.76. The molecule has 0 aliphatic carbocycles. The number of anilines is 1. The normalized spacial score (nSPS) is 12.9. The van der Waals surface area contributed by atoms with E-state index in [1.54, 1.807) is 30.3 Å². The van der Waals surface area contributed by atoms with Crippen molar-refractivity contribution < 1.29 is 29.4 Å². The van der Waals surface area contributed by atoms with Crippen LogP contribution in [0.1, 0.15) is 30.1 Å². The zero-order chi connectivity index (χ0) is 21.9. The standard InChI is InChI=1S/C22H26N2O6/c1-15-7-11-17(12-8-15)23-22(27)30-21(16-9-13-18(25)14-10-16)19(29-2)5-3-4-6-20(26)24-28/h4,6-14,19,21,25,28H,3,5H2,1-2H3,(H,23,27)(H,24,26)/b6-4+/t19-,21-/m0/s1. The van der Waals surface area contributed by atoms with Gasteiger partial charge in [0.25, 0.3) is 5.91 Å². The maximum absolute atomic E-state index is 12.5. The lowest BCUT2D eigenvalue weighted by Gasteiger charge is -2.26. The fourth-order valence-electron chi connectivity index (χ4n) is 2.80. The second-order valence-electron chi connectivity index (χ2n) is 6.64. The topological polar surface area (TPSA) is 117 Å². The number of nitrogens with one attached hydrogen (secondary N) is 2. The van der Waals surface area contributed by atoms with E-state index in [0.717, 1.165) is 5.56 Å². The van der Waals surface area contributed by atoms with Gasteiger partial charge in [0.05, 0.1) is 6.10 Å². The molecule has 8 heteroatoms. The maximum atomic E-state index is 12.5. The first-order valence-electron chi connectivity index (χ1n) is 9.39. The summed E-state index contributed by atoms with van der Waals surface area (Å²) < 4.78 is 11.2.